The first-order chi connectivity index (χ1) is 8.93. The summed E-state index contributed by atoms with van der Waals surface area (Å²) >= 11 is 8.71. The quantitative estimate of drug-likeness (QED) is 0.725. The van der Waals surface area contributed by atoms with Gasteiger partial charge in [-0.15, -0.1) is 11.3 Å². The van der Waals surface area contributed by atoms with Gasteiger partial charge in [-0.1, -0.05) is 0 Å². The topological polar surface area (TPSA) is 12.0 Å². The second kappa shape index (κ2) is 6.04. The Hall–Kier alpha value is -0.230. The van der Waals surface area contributed by atoms with Crippen molar-refractivity contribution >= 4 is 43.2 Å². The van der Waals surface area contributed by atoms with Crippen molar-refractivity contribution in [2.75, 3.05) is 7.05 Å². The number of nitrogens with one attached hydrogen (secondary N) is 1. The molecule has 0 saturated heterocycles. The minimum absolute atomic E-state index is 0.0770. The van der Waals surface area contributed by atoms with Gasteiger partial charge in [0.15, 0.2) is 0 Å². The lowest BCUT2D eigenvalue weighted by Gasteiger charge is -2.20. The van der Waals surface area contributed by atoms with Gasteiger partial charge in [0.25, 0.3) is 0 Å². The van der Waals surface area contributed by atoms with Crippen molar-refractivity contribution in [1.82, 2.24) is 5.32 Å². The summed E-state index contributed by atoms with van der Waals surface area (Å²) in [5, 5.41) is 3.32. The highest BCUT2D eigenvalue weighted by molar-refractivity contribution is 9.13. The van der Waals surface area contributed by atoms with E-state index in [2.05, 4.69) is 43.2 Å². The molecule has 0 saturated carbocycles. The Morgan fingerprint density at radius 1 is 1.16 bits per heavy atom. The zero-order chi connectivity index (χ0) is 14.2. The number of hydrogen-bond donors (Lipinski definition) is 1. The fraction of sp³-hybridized carbons (Fsp3) is 0.286. The van der Waals surface area contributed by atoms with Gasteiger partial charge in [-0.3, -0.25) is 0 Å². The highest BCUT2D eigenvalue weighted by Crippen LogP contribution is 2.39. The van der Waals surface area contributed by atoms with E-state index in [1.54, 1.807) is 23.5 Å². The first-order valence-corrected chi connectivity index (χ1v) is 8.23. The summed E-state index contributed by atoms with van der Waals surface area (Å²) < 4.78 is 15.5. The fourth-order valence-corrected chi connectivity index (χ4v) is 4.52. The summed E-state index contributed by atoms with van der Waals surface area (Å²) in [6.45, 7) is 3.90. The summed E-state index contributed by atoms with van der Waals surface area (Å²) in [4.78, 5) is 1.19. The van der Waals surface area contributed by atoms with Crippen LogP contribution in [0.4, 0.5) is 4.39 Å². The van der Waals surface area contributed by atoms with E-state index in [1.165, 1.54) is 4.88 Å². The Balaban J connectivity index is 2.54. The molecule has 0 aliphatic heterocycles. The van der Waals surface area contributed by atoms with Crippen LogP contribution in [0.25, 0.3) is 0 Å². The van der Waals surface area contributed by atoms with Crippen molar-refractivity contribution in [2.45, 2.75) is 19.9 Å². The van der Waals surface area contributed by atoms with Crippen molar-refractivity contribution in [3.05, 3.63) is 53.8 Å². The smallest absolute Gasteiger partial charge is 0.123 e. The van der Waals surface area contributed by atoms with E-state index in [0.717, 1.165) is 24.9 Å². The van der Waals surface area contributed by atoms with E-state index in [0.29, 0.717) is 0 Å². The molecule has 0 fully saturated rings. The van der Waals surface area contributed by atoms with Gasteiger partial charge in [-0.2, -0.15) is 0 Å². The number of benzene rings is 1. The average molecular weight is 407 g/mol. The van der Waals surface area contributed by atoms with Gasteiger partial charge >= 0.3 is 0 Å². The van der Waals surface area contributed by atoms with Crippen molar-refractivity contribution in [3.8, 4) is 0 Å². The molecular weight excluding hydrogens is 393 g/mol. The third kappa shape index (κ3) is 3.10. The van der Waals surface area contributed by atoms with E-state index < -0.39 is 0 Å². The molecule has 0 bridgehead atoms. The Morgan fingerprint density at radius 3 is 2.16 bits per heavy atom. The summed E-state index contributed by atoms with van der Waals surface area (Å²) in [5.74, 6) is -0.179. The molecule has 0 amide bonds. The first kappa shape index (κ1) is 15.2. The number of thiophene rings is 1. The summed E-state index contributed by atoms with van der Waals surface area (Å²) in [5.41, 5.74) is 3.08. The zero-order valence-electron chi connectivity index (χ0n) is 10.9. The van der Waals surface area contributed by atoms with Gasteiger partial charge < -0.3 is 5.32 Å². The molecule has 0 radical (unpaired) electrons. The van der Waals surface area contributed by atoms with Gasteiger partial charge in [0.05, 0.1) is 9.83 Å². The number of aryl methyl sites for hydroxylation is 2. The first-order valence-electron chi connectivity index (χ1n) is 5.82. The maximum absolute atomic E-state index is 13.4. The molecule has 2 aromatic rings. The number of rotatable bonds is 3. The predicted molar refractivity (Wildman–Crippen MR) is 86.5 cm³/mol. The SMILES string of the molecule is CNC(c1cc(Br)c(Br)s1)c1c(C)cc(F)cc1C. The molecule has 2 rings (SSSR count). The third-order valence-corrected chi connectivity index (χ3v) is 6.41. The molecule has 102 valence electrons. The molecule has 1 N–H and O–H groups in total. The Labute approximate surface area is 133 Å². The average Bonchev–Trinajstić information content (AvgIpc) is 2.63. The molecular formula is C14H14Br2FNS. The molecule has 1 atom stereocenters. The second-order valence-electron chi connectivity index (χ2n) is 4.45. The van der Waals surface area contributed by atoms with Gasteiger partial charge in [-0.05, 0) is 87.6 Å². The predicted octanol–water partition coefficient (Wildman–Crippen LogP) is 5.34. The lowest BCUT2D eigenvalue weighted by Crippen LogP contribution is -2.19. The zero-order valence-corrected chi connectivity index (χ0v) is 14.8. The highest BCUT2D eigenvalue weighted by Gasteiger charge is 2.20. The number of hydrogen-bond acceptors (Lipinski definition) is 2. The van der Waals surface area contributed by atoms with E-state index in [-0.39, 0.29) is 11.9 Å². The Kier molecular flexibility index (Phi) is 4.82. The Bertz CT molecular complexity index is 567. The standard InChI is InChI=1S/C14H14Br2FNS/c1-7-4-9(17)5-8(2)12(7)13(18-3)11-6-10(15)14(16)19-11/h4-6,13,18H,1-3H3. The molecule has 0 aliphatic rings. The van der Waals surface area contributed by atoms with Crippen LogP contribution in [0.1, 0.15) is 27.6 Å². The van der Waals surface area contributed by atoms with Gasteiger partial charge in [-0.25, -0.2) is 4.39 Å². The largest absolute Gasteiger partial charge is 0.309 e. The van der Waals surface area contributed by atoms with Crippen molar-refractivity contribution in [3.63, 3.8) is 0 Å². The Morgan fingerprint density at radius 2 is 1.74 bits per heavy atom. The van der Waals surface area contributed by atoms with Crippen LogP contribution in [0.2, 0.25) is 0 Å². The monoisotopic (exact) mass is 405 g/mol. The lowest BCUT2D eigenvalue weighted by atomic mass is 9.95. The summed E-state index contributed by atoms with van der Waals surface area (Å²) in [7, 11) is 1.93. The van der Waals surface area contributed by atoms with Crippen LogP contribution in [-0.4, -0.2) is 7.05 Å². The maximum atomic E-state index is 13.4. The van der Waals surface area contributed by atoms with Crippen LogP contribution in [0.5, 0.6) is 0 Å². The maximum Gasteiger partial charge on any atom is 0.123 e. The molecule has 19 heavy (non-hydrogen) atoms. The third-order valence-electron chi connectivity index (χ3n) is 3.08. The van der Waals surface area contributed by atoms with Crippen molar-refractivity contribution in [1.29, 1.82) is 0 Å². The highest BCUT2D eigenvalue weighted by atomic mass is 79.9. The molecule has 1 aromatic carbocycles. The summed E-state index contributed by atoms with van der Waals surface area (Å²) in [6.07, 6.45) is 0. The van der Waals surface area contributed by atoms with Crippen LogP contribution in [0.15, 0.2) is 26.5 Å². The van der Waals surface area contributed by atoms with Crippen LogP contribution >= 0.6 is 43.2 Å². The molecule has 0 aliphatic carbocycles. The van der Waals surface area contributed by atoms with Gasteiger partial charge in [0.2, 0.25) is 0 Å². The van der Waals surface area contributed by atoms with E-state index in [9.17, 15) is 4.39 Å². The molecule has 1 unspecified atom stereocenters. The van der Waals surface area contributed by atoms with Gasteiger partial charge in [0, 0.05) is 9.35 Å². The van der Waals surface area contributed by atoms with Crippen molar-refractivity contribution < 1.29 is 4.39 Å². The molecule has 0 spiro atoms. The molecule has 5 heteroatoms. The van der Waals surface area contributed by atoms with Crippen molar-refractivity contribution in [2.24, 2.45) is 0 Å². The van der Waals surface area contributed by atoms with Crippen LogP contribution < -0.4 is 5.32 Å². The van der Waals surface area contributed by atoms with E-state index >= 15 is 0 Å². The second-order valence-corrected chi connectivity index (χ2v) is 7.70. The minimum Gasteiger partial charge on any atom is -0.309 e. The van der Waals surface area contributed by atoms with Gasteiger partial charge in [0.1, 0.15) is 5.82 Å². The van der Waals surface area contributed by atoms with E-state index in [4.69, 9.17) is 0 Å². The number of halogens is 3. The lowest BCUT2D eigenvalue weighted by molar-refractivity contribution is 0.619. The van der Waals surface area contributed by atoms with E-state index in [1.807, 2.05) is 20.9 Å². The fourth-order valence-electron chi connectivity index (χ4n) is 2.31. The molecule has 1 nitrogen and oxygen atoms in total. The van der Waals surface area contributed by atoms with Crippen LogP contribution in [0, 0.1) is 19.7 Å². The molecule has 1 aromatic heterocycles. The minimum atomic E-state index is -0.179. The summed E-state index contributed by atoms with van der Waals surface area (Å²) in [6, 6.07) is 5.35. The molecule has 1 heterocycles. The van der Waals surface area contributed by atoms with Crippen LogP contribution in [0.3, 0.4) is 0 Å². The van der Waals surface area contributed by atoms with Crippen LogP contribution in [-0.2, 0) is 0 Å². The normalized spacial score (nSPS) is 12.7.